The average molecular weight is 359 g/mol. The third-order valence-electron chi connectivity index (χ3n) is 2.84. The van der Waals surface area contributed by atoms with Gasteiger partial charge in [-0.05, 0) is 25.4 Å². The van der Waals surface area contributed by atoms with Crippen LogP contribution < -0.4 is 0 Å². The molecule has 0 spiro atoms. The zero-order valence-corrected chi connectivity index (χ0v) is 14.4. The highest BCUT2D eigenvalue weighted by Crippen LogP contribution is 2.37. The van der Waals surface area contributed by atoms with Crippen molar-refractivity contribution in [1.82, 2.24) is 4.31 Å². The second kappa shape index (κ2) is 7.08. The van der Waals surface area contributed by atoms with Gasteiger partial charge < -0.3 is 0 Å². The molecular weight excluding hydrogens is 344 g/mol. The van der Waals surface area contributed by atoms with Gasteiger partial charge in [-0.25, -0.2) is 8.42 Å². The van der Waals surface area contributed by atoms with Gasteiger partial charge in [-0.15, -0.1) is 11.3 Å². The molecule has 0 aromatic carbocycles. The van der Waals surface area contributed by atoms with Gasteiger partial charge in [-0.2, -0.15) is 16.1 Å². The molecule has 0 saturated heterocycles. The quantitative estimate of drug-likeness (QED) is 0.552. The third kappa shape index (κ3) is 3.85. The normalized spacial score (nSPS) is 13.7. The summed E-state index contributed by atoms with van der Waals surface area (Å²) >= 11 is 8.05. The highest BCUT2D eigenvalue weighted by Gasteiger charge is 2.30. The Morgan fingerprint density at radius 1 is 1.60 bits per heavy atom. The lowest BCUT2D eigenvalue weighted by atomic mass is 10.3. The molecule has 0 aliphatic heterocycles. The molecule has 1 atom stereocenters. The van der Waals surface area contributed by atoms with Crippen LogP contribution >= 0.6 is 34.7 Å². The van der Waals surface area contributed by atoms with Gasteiger partial charge in [-0.1, -0.05) is 11.6 Å². The highest BCUT2D eigenvalue weighted by molar-refractivity contribution is 7.98. The van der Waals surface area contributed by atoms with Crippen molar-refractivity contribution in [2.75, 3.05) is 19.1 Å². The molecule has 0 radical (unpaired) electrons. The number of thiophene rings is 1. The molecule has 1 unspecified atom stereocenters. The summed E-state index contributed by atoms with van der Waals surface area (Å²) in [6.45, 7) is 1.80. The van der Waals surface area contributed by atoms with Crippen LogP contribution in [-0.2, 0) is 10.0 Å². The van der Waals surface area contributed by atoms with Gasteiger partial charge in [-0.3, -0.25) is 10.1 Å². The summed E-state index contributed by atoms with van der Waals surface area (Å²) < 4.78 is 25.7. The predicted molar refractivity (Wildman–Crippen MR) is 83.4 cm³/mol. The van der Waals surface area contributed by atoms with E-state index in [0.717, 1.165) is 11.8 Å². The molecule has 1 aromatic rings. The Hall–Kier alpha value is -0.350. The summed E-state index contributed by atoms with van der Waals surface area (Å²) in [7, 11) is -2.28. The lowest BCUT2D eigenvalue weighted by molar-refractivity contribution is -0.384. The van der Waals surface area contributed by atoms with Crippen molar-refractivity contribution in [2.45, 2.75) is 23.6 Å². The number of thioether (sulfide) groups is 1. The fraction of sp³-hybridized carbons (Fsp3) is 0.600. The minimum Gasteiger partial charge on any atom is -0.258 e. The van der Waals surface area contributed by atoms with Gasteiger partial charge >= 0.3 is 0 Å². The van der Waals surface area contributed by atoms with E-state index in [0.29, 0.717) is 17.8 Å². The van der Waals surface area contributed by atoms with Crippen LogP contribution in [0.5, 0.6) is 0 Å². The summed E-state index contributed by atoms with van der Waals surface area (Å²) in [5, 5.41) is 10.7. The zero-order valence-electron chi connectivity index (χ0n) is 11.2. The van der Waals surface area contributed by atoms with Gasteiger partial charge in [0.15, 0.2) is 4.34 Å². The Labute approximate surface area is 131 Å². The van der Waals surface area contributed by atoms with Gasteiger partial charge in [0.2, 0.25) is 0 Å². The van der Waals surface area contributed by atoms with E-state index < -0.39 is 14.9 Å². The number of halogens is 1. The number of nitro groups is 1. The van der Waals surface area contributed by atoms with Crippen LogP contribution in [0.3, 0.4) is 0 Å². The predicted octanol–water partition coefficient (Wildman–Crippen LogP) is 3.07. The highest BCUT2D eigenvalue weighted by atomic mass is 35.5. The number of rotatable bonds is 7. The molecule has 114 valence electrons. The Morgan fingerprint density at radius 3 is 2.65 bits per heavy atom. The van der Waals surface area contributed by atoms with E-state index in [4.69, 9.17) is 11.6 Å². The van der Waals surface area contributed by atoms with E-state index in [1.165, 1.54) is 11.4 Å². The number of nitrogens with zero attached hydrogens (tertiary/aromatic N) is 2. The molecule has 0 amide bonds. The van der Waals surface area contributed by atoms with E-state index in [1.807, 2.05) is 6.26 Å². The molecule has 1 rings (SSSR count). The van der Waals surface area contributed by atoms with Crippen molar-refractivity contribution in [3.8, 4) is 0 Å². The van der Waals surface area contributed by atoms with E-state index in [1.54, 1.807) is 18.7 Å². The lowest BCUT2D eigenvalue weighted by Crippen LogP contribution is -2.35. The molecule has 0 bridgehead atoms. The molecule has 0 saturated carbocycles. The Morgan fingerprint density at radius 2 is 2.20 bits per heavy atom. The second-order valence-electron chi connectivity index (χ2n) is 4.13. The maximum atomic E-state index is 12.4. The minimum atomic E-state index is -3.75. The maximum Gasteiger partial charge on any atom is 0.300 e. The monoisotopic (exact) mass is 358 g/mol. The van der Waals surface area contributed by atoms with Crippen LogP contribution in [-0.4, -0.2) is 42.7 Å². The Balaban J connectivity index is 3.04. The smallest absolute Gasteiger partial charge is 0.258 e. The van der Waals surface area contributed by atoms with Crippen molar-refractivity contribution in [2.24, 2.45) is 0 Å². The summed E-state index contributed by atoms with van der Waals surface area (Å²) in [5.41, 5.74) is -0.375. The van der Waals surface area contributed by atoms with E-state index in [9.17, 15) is 18.5 Å². The Bertz CT molecular complexity index is 587. The van der Waals surface area contributed by atoms with Crippen molar-refractivity contribution >= 4 is 50.4 Å². The van der Waals surface area contributed by atoms with Crippen molar-refractivity contribution in [1.29, 1.82) is 0 Å². The molecular formula is C10H15ClN2O4S3. The molecule has 1 aromatic heterocycles. The number of hydrogen-bond acceptors (Lipinski definition) is 6. The van der Waals surface area contributed by atoms with E-state index >= 15 is 0 Å². The molecule has 0 aliphatic carbocycles. The fourth-order valence-corrected chi connectivity index (χ4v) is 5.26. The molecule has 10 heteroatoms. The van der Waals surface area contributed by atoms with E-state index in [-0.39, 0.29) is 20.3 Å². The molecule has 0 N–H and O–H groups in total. The van der Waals surface area contributed by atoms with Gasteiger partial charge in [0.25, 0.3) is 15.7 Å². The summed E-state index contributed by atoms with van der Waals surface area (Å²) in [5.74, 6) is 0.840. The Kier molecular flexibility index (Phi) is 6.26. The van der Waals surface area contributed by atoms with Crippen LogP contribution in [0.4, 0.5) is 5.69 Å². The van der Waals surface area contributed by atoms with Crippen LogP contribution in [0, 0.1) is 10.1 Å². The topological polar surface area (TPSA) is 80.5 Å². The van der Waals surface area contributed by atoms with Crippen molar-refractivity contribution < 1.29 is 13.3 Å². The summed E-state index contributed by atoms with van der Waals surface area (Å²) in [4.78, 5) is 10.0. The molecule has 0 aliphatic rings. The largest absolute Gasteiger partial charge is 0.300 e. The second-order valence-corrected chi connectivity index (χ2v) is 9.00. The fourth-order valence-electron chi connectivity index (χ4n) is 1.44. The van der Waals surface area contributed by atoms with Crippen LogP contribution in [0.2, 0.25) is 4.34 Å². The molecule has 6 nitrogen and oxygen atoms in total. The van der Waals surface area contributed by atoms with Crippen LogP contribution in [0.15, 0.2) is 10.3 Å². The van der Waals surface area contributed by atoms with E-state index in [2.05, 4.69) is 0 Å². The first kappa shape index (κ1) is 17.7. The first-order valence-electron chi connectivity index (χ1n) is 5.62. The lowest BCUT2D eigenvalue weighted by Gasteiger charge is -2.23. The van der Waals surface area contributed by atoms with Gasteiger partial charge in [0, 0.05) is 19.2 Å². The molecule has 1 heterocycles. The first-order chi connectivity index (χ1) is 9.21. The SMILES string of the molecule is CSCCC(C)N(C)S(=O)(=O)c1cc([N+](=O)[O-])c(Cl)s1. The minimum absolute atomic E-state index is 0.104. The first-order valence-corrected chi connectivity index (χ1v) is 9.65. The van der Waals surface area contributed by atoms with Crippen molar-refractivity contribution in [3.05, 3.63) is 20.5 Å². The number of sulfonamides is 1. The summed E-state index contributed by atoms with van der Waals surface area (Å²) in [6, 6.07) is 0.826. The summed E-state index contributed by atoms with van der Waals surface area (Å²) in [6.07, 6.45) is 2.65. The number of hydrogen-bond donors (Lipinski definition) is 0. The standard InChI is InChI=1S/C10H15ClN2O4S3/c1-7(4-5-18-3)12(2)20(16,17)9-6-8(13(14)15)10(11)19-9/h6-7H,4-5H2,1-3H3. The third-order valence-corrected chi connectivity index (χ3v) is 7.24. The van der Waals surface area contributed by atoms with Gasteiger partial charge in [0.1, 0.15) is 4.21 Å². The maximum absolute atomic E-state index is 12.4. The van der Waals surface area contributed by atoms with Crippen LogP contribution in [0.25, 0.3) is 0 Å². The van der Waals surface area contributed by atoms with Gasteiger partial charge in [0.05, 0.1) is 4.92 Å². The van der Waals surface area contributed by atoms with Crippen LogP contribution in [0.1, 0.15) is 13.3 Å². The van der Waals surface area contributed by atoms with Crippen molar-refractivity contribution in [3.63, 3.8) is 0 Å². The molecule has 20 heavy (non-hydrogen) atoms. The average Bonchev–Trinajstić information content (AvgIpc) is 2.77. The zero-order chi connectivity index (χ0) is 15.5. The molecule has 0 fully saturated rings.